The molecule has 0 bridgehead atoms. The lowest BCUT2D eigenvalue weighted by Crippen LogP contribution is -1.89. The predicted octanol–water partition coefficient (Wildman–Crippen LogP) is 2.97. The van der Waals surface area contributed by atoms with E-state index >= 15 is 0 Å². The van der Waals surface area contributed by atoms with Gasteiger partial charge in [0.05, 0.1) is 5.56 Å². The van der Waals surface area contributed by atoms with Crippen molar-refractivity contribution in [2.75, 3.05) is 0 Å². The molecule has 0 amide bonds. The van der Waals surface area contributed by atoms with Crippen molar-refractivity contribution in [3.63, 3.8) is 0 Å². The van der Waals surface area contributed by atoms with Gasteiger partial charge in [-0.05, 0) is 36.4 Å². The first kappa shape index (κ1) is 11.4. The number of rotatable bonds is 3. The molecule has 1 N–H and O–H groups in total. The summed E-state index contributed by atoms with van der Waals surface area (Å²) in [5.41, 5.74) is 2.00. The van der Waals surface area contributed by atoms with Crippen molar-refractivity contribution < 1.29 is 4.74 Å². The van der Waals surface area contributed by atoms with Crippen LogP contribution in [0.1, 0.15) is 5.56 Å². The molecule has 1 heterocycles. The molecule has 5 heteroatoms. The van der Waals surface area contributed by atoms with Crippen molar-refractivity contribution in [3.8, 4) is 22.9 Å². The van der Waals surface area contributed by atoms with Gasteiger partial charge >= 0.3 is 0 Å². The second kappa shape index (κ2) is 4.89. The van der Waals surface area contributed by atoms with Crippen LogP contribution in [0.3, 0.4) is 0 Å². The number of aromatic amines is 1. The van der Waals surface area contributed by atoms with Gasteiger partial charge in [-0.15, -0.1) is 10.2 Å². The number of benzene rings is 2. The quantitative estimate of drug-likeness (QED) is 0.778. The number of hydrogen-bond donors (Lipinski definition) is 1. The third-order valence-corrected chi connectivity index (χ3v) is 2.72. The largest absolute Gasteiger partial charge is 0.457 e. The first-order valence-corrected chi connectivity index (χ1v) is 5.90. The highest BCUT2D eigenvalue weighted by Crippen LogP contribution is 2.30. The molecule has 19 heavy (non-hydrogen) atoms. The fraction of sp³-hybridized carbons (Fsp3) is 0.0714. The number of nitrogens with zero attached hydrogens (tertiary/aromatic N) is 3. The Hall–Kier alpha value is -2.69. The van der Waals surface area contributed by atoms with Crippen LogP contribution in [0.4, 0.5) is 0 Å². The molecular formula is C14H12N4O. The molecule has 0 unspecified atom stereocenters. The summed E-state index contributed by atoms with van der Waals surface area (Å²) in [5, 5.41) is 14.0. The molecule has 0 aliphatic heterocycles. The lowest BCUT2D eigenvalue weighted by atomic mass is 10.2. The number of hydrogen-bond acceptors (Lipinski definition) is 4. The van der Waals surface area contributed by atoms with E-state index in [4.69, 9.17) is 4.74 Å². The van der Waals surface area contributed by atoms with Crippen LogP contribution >= 0.6 is 0 Å². The molecule has 0 aliphatic rings. The van der Waals surface area contributed by atoms with Crippen LogP contribution in [0, 0.1) is 6.92 Å². The molecule has 94 valence electrons. The summed E-state index contributed by atoms with van der Waals surface area (Å²) >= 11 is 0. The maximum Gasteiger partial charge on any atom is 0.208 e. The summed E-state index contributed by atoms with van der Waals surface area (Å²) < 4.78 is 5.87. The molecule has 0 spiro atoms. The minimum atomic E-state index is 0.516. The Kier molecular flexibility index (Phi) is 2.94. The summed E-state index contributed by atoms with van der Waals surface area (Å²) in [5.74, 6) is 2.00. The van der Waals surface area contributed by atoms with Gasteiger partial charge in [-0.25, -0.2) is 0 Å². The third-order valence-electron chi connectivity index (χ3n) is 2.72. The van der Waals surface area contributed by atoms with E-state index in [1.165, 1.54) is 5.56 Å². The second-order valence-electron chi connectivity index (χ2n) is 4.15. The lowest BCUT2D eigenvalue weighted by Gasteiger charge is -2.08. The van der Waals surface area contributed by atoms with E-state index in [0.717, 1.165) is 11.3 Å². The standard InChI is InChI=1S/C14H12N4O/c1-10-6-8-11(9-7-10)19-13-5-3-2-4-12(13)14-15-17-18-16-14/h2-9H,1H3,(H,15,16,17,18). The fourth-order valence-corrected chi connectivity index (χ4v) is 1.75. The van der Waals surface area contributed by atoms with Gasteiger partial charge in [0, 0.05) is 0 Å². The number of ether oxygens (including phenoxy) is 1. The summed E-state index contributed by atoms with van der Waals surface area (Å²) in [6, 6.07) is 15.5. The Morgan fingerprint density at radius 3 is 2.53 bits per heavy atom. The van der Waals surface area contributed by atoms with E-state index < -0.39 is 0 Å². The van der Waals surface area contributed by atoms with Crippen LogP contribution in [0.25, 0.3) is 11.4 Å². The Bertz CT molecular complexity index is 662. The molecule has 0 saturated carbocycles. The zero-order chi connectivity index (χ0) is 13.1. The van der Waals surface area contributed by atoms with Gasteiger partial charge in [-0.1, -0.05) is 29.8 Å². The normalized spacial score (nSPS) is 10.4. The zero-order valence-electron chi connectivity index (χ0n) is 10.4. The minimum absolute atomic E-state index is 0.516. The Morgan fingerprint density at radius 2 is 1.79 bits per heavy atom. The molecule has 3 aromatic rings. The molecule has 0 fully saturated rings. The van der Waals surface area contributed by atoms with Crippen molar-refractivity contribution in [2.24, 2.45) is 0 Å². The number of nitrogens with one attached hydrogen (secondary N) is 1. The molecule has 1 aromatic heterocycles. The number of aryl methyl sites for hydroxylation is 1. The highest BCUT2D eigenvalue weighted by Gasteiger charge is 2.10. The van der Waals surface area contributed by atoms with Gasteiger partial charge in [-0.3, -0.25) is 0 Å². The van der Waals surface area contributed by atoms with E-state index in [2.05, 4.69) is 20.6 Å². The van der Waals surface area contributed by atoms with Gasteiger partial charge in [-0.2, -0.15) is 5.21 Å². The molecule has 0 radical (unpaired) electrons. The molecule has 0 atom stereocenters. The van der Waals surface area contributed by atoms with Crippen molar-refractivity contribution >= 4 is 0 Å². The molecule has 2 aromatic carbocycles. The first-order chi connectivity index (χ1) is 9.33. The number of para-hydroxylation sites is 1. The summed E-state index contributed by atoms with van der Waals surface area (Å²) in [6.07, 6.45) is 0. The number of aromatic nitrogens is 4. The summed E-state index contributed by atoms with van der Waals surface area (Å²) in [4.78, 5) is 0. The van der Waals surface area contributed by atoms with Crippen molar-refractivity contribution in [2.45, 2.75) is 6.92 Å². The topological polar surface area (TPSA) is 63.7 Å². The molecule has 0 aliphatic carbocycles. The van der Waals surface area contributed by atoms with Crippen LogP contribution < -0.4 is 4.74 Å². The Morgan fingerprint density at radius 1 is 1.00 bits per heavy atom. The monoisotopic (exact) mass is 252 g/mol. The maximum atomic E-state index is 5.87. The molecule has 3 rings (SSSR count). The molecule has 5 nitrogen and oxygen atoms in total. The van der Waals surface area contributed by atoms with Gasteiger partial charge in [0.25, 0.3) is 0 Å². The van der Waals surface area contributed by atoms with Crippen molar-refractivity contribution in [1.82, 2.24) is 20.6 Å². The Balaban J connectivity index is 1.95. The first-order valence-electron chi connectivity index (χ1n) is 5.90. The number of tetrazole rings is 1. The van der Waals surface area contributed by atoms with Gasteiger partial charge in [0.15, 0.2) is 0 Å². The SMILES string of the molecule is Cc1ccc(Oc2ccccc2-c2nn[nH]n2)cc1. The Labute approximate surface area is 110 Å². The van der Waals surface area contributed by atoms with Gasteiger partial charge < -0.3 is 4.74 Å². The summed E-state index contributed by atoms with van der Waals surface area (Å²) in [7, 11) is 0. The highest BCUT2D eigenvalue weighted by molar-refractivity contribution is 5.63. The van der Waals surface area contributed by atoms with Crippen molar-refractivity contribution in [3.05, 3.63) is 54.1 Å². The highest BCUT2D eigenvalue weighted by atomic mass is 16.5. The lowest BCUT2D eigenvalue weighted by molar-refractivity contribution is 0.484. The third kappa shape index (κ3) is 2.44. The molecular weight excluding hydrogens is 240 g/mol. The van der Waals surface area contributed by atoms with Crippen LogP contribution in [0.2, 0.25) is 0 Å². The second-order valence-corrected chi connectivity index (χ2v) is 4.15. The predicted molar refractivity (Wildman–Crippen MR) is 70.9 cm³/mol. The van der Waals surface area contributed by atoms with Gasteiger partial charge in [0.1, 0.15) is 11.5 Å². The summed E-state index contributed by atoms with van der Waals surface area (Å²) in [6.45, 7) is 2.04. The van der Waals surface area contributed by atoms with E-state index in [1.54, 1.807) is 0 Å². The average Bonchev–Trinajstić information content (AvgIpc) is 2.96. The van der Waals surface area contributed by atoms with Crippen LogP contribution in [-0.4, -0.2) is 20.6 Å². The van der Waals surface area contributed by atoms with Crippen molar-refractivity contribution in [1.29, 1.82) is 0 Å². The van der Waals surface area contributed by atoms with Crippen LogP contribution in [-0.2, 0) is 0 Å². The minimum Gasteiger partial charge on any atom is -0.457 e. The van der Waals surface area contributed by atoms with Crippen LogP contribution in [0.5, 0.6) is 11.5 Å². The molecule has 0 saturated heterocycles. The van der Waals surface area contributed by atoms with E-state index in [9.17, 15) is 0 Å². The van der Waals surface area contributed by atoms with E-state index in [1.807, 2.05) is 55.5 Å². The van der Waals surface area contributed by atoms with Crippen LogP contribution in [0.15, 0.2) is 48.5 Å². The van der Waals surface area contributed by atoms with E-state index in [-0.39, 0.29) is 0 Å². The zero-order valence-corrected chi connectivity index (χ0v) is 10.4. The maximum absolute atomic E-state index is 5.87. The number of H-pyrrole nitrogens is 1. The smallest absolute Gasteiger partial charge is 0.208 e. The fourth-order valence-electron chi connectivity index (χ4n) is 1.75. The van der Waals surface area contributed by atoms with Gasteiger partial charge in [0.2, 0.25) is 5.82 Å². The average molecular weight is 252 g/mol. The van der Waals surface area contributed by atoms with E-state index in [0.29, 0.717) is 11.6 Å².